The Morgan fingerprint density at radius 1 is 1.07 bits per heavy atom. The lowest BCUT2D eigenvalue weighted by Gasteiger charge is -2.06. The van der Waals surface area contributed by atoms with E-state index in [9.17, 15) is 9.59 Å². The van der Waals surface area contributed by atoms with Crippen LogP contribution in [0.25, 0.3) is 10.9 Å². The summed E-state index contributed by atoms with van der Waals surface area (Å²) in [6.07, 6.45) is 0.793. The lowest BCUT2D eigenvalue weighted by Crippen LogP contribution is -2.14. The number of rotatable bonds is 4. The number of carbonyl (C=O) groups is 2. The number of hydrogen-bond acceptors (Lipinski definition) is 4. The van der Waals surface area contributed by atoms with Crippen LogP contribution in [-0.2, 0) is 4.79 Å². The van der Waals surface area contributed by atoms with Crippen molar-refractivity contribution in [3.05, 3.63) is 53.7 Å². The molecule has 0 saturated heterocycles. The van der Waals surface area contributed by atoms with Gasteiger partial charge in [0.1, 0.15) is 5.69 Å². The number of aromatic nitrogens is 1. The van der Waals surface area contributed by atoms with E-state index in [0.717, 1.165) is 34.4 Å². The Bertz CT molecular complexity index is 1090. The molecular formula is C20H16N2O5. The number of aromatic amines is 1. The average molecular weight is 364 g/mol. The van der Waals surface area contributed by atoms with Gasteiger partial charge in [-0.2, -0.15) is 0 Å². The predicted octanol–water partition coefficient (Wildman–Crippen LogP) is 3.34. The highest BCUT2D eigenvalue weighted by molar-refractivity contribution is 5.99. The molecule has 7 nitrogen and oxygen atoms in total. The Labute approximate surface area is 153 Å². The van der Waals surface area contributed by atoms with E-state index in [1.807, 2.05) is 18.2 Å². The van der Waals surface area contributed by atoms with E-state index in [1.54, 1.807) is 24.3 Å². The molecule has 0 bridgehead atoms. The number of carboxylic acids is 1. The van der Waals surface area contributed by atoms with Gasteiger partial charge in [0.15, 0.2) is 11.5 Å². The first kappa shape index (κ1) is 15.7. The Kier molecular flexibility index (Phi) is 3.36. The molecule has 1 aromatic heterocycles. The van der Waals surface area contributed by atoms with E-state index < -0.39 is 5.97 Å². The fourth-order valence-electron chi connectivity index (χ4n) is 3.56. The minimum absolute atomic E-state index is 0.0361. The van der Waals surface area contributed by atoms with Gasteiger partial charge >= 0.3 is 5.97 Å². The summed E-state index contributed by atoms with van der Waals surface area (Å²) < 4.78 is 10.7. The lowest BCUT2D eigenvalue weighted by atomic mass is 10.1. The molecule has 2 heterocycles. The van der Waals surface area contributed by atoms with E-state index in [-0.39, 0.29) is 30.2 Å². The third kappa shape index (κ3) is 2.77. The van der Waals surface area contributed by atoms with Crippen molar-refractivity contribution in [2.45, 2.75) is 12.3 Å². The van der Waals surface area contributed by atoms with Gasteiger partial charge in [0.2, 0.25) is 12.7 Å². The first-order valence-electron chi connectivity index (χ1n) is 8.65. The summed E-state index contributed by atoms with van der Waals surface area (Å²) in [6, 6.07) is 12.7. The van der Waals surface area contributed by atoms with E-state index in [4.69, 9.17) is 14.6 Å². The van der Waals surface area contributed by atoms with Gasteiger partial charge in [0, 0.05) is 22.5 Å². The third-order valence-corrected chi connectivity index (χ3v) is 5.07. The van der Waals surface area contributed by atoms with Crippen molar-refractivity contribution in [2.75, 3.05) is 12.1 Å². The maximum atomic E-state index is 12.6. The number of fused-ring (bicyclic) bond motifs is 2. The Hall–Kier alpha value is -3.48. The SMILES string of the molecule is O=C(O)c1cc2cc(NC(=O)C3CC3c3ccc4c(c3)OCO4)ccc2[nH]1. The monoisotopic (exact) mass is 364 g/mol. The van der Waals surface area contributed by atoms with Gasteiger partial charge in [0.05, 0.1) is 0 Å². The van der Waals surface area contributed by atoms with Crippen molar-refractivity contribution in [3.8, 4) is 11.5 Å². The molecule has 5 rings (SSSR count). The zero-order valence-corrected chi connectivity index (χ0v) is 14.2. The molecule has 1 amide bonds. The molecule has 2 aromatic carbocycles. The molecule has 1 saturated carbocycles. The Balaban J connectivity index is 1.30. The molecule has 7 heteroatoms. The number of amides is 1. The van der Waals surface area contributed by atoms with Crippen LogP contribution >= 0.6 is 0 Å². The molecule has 0 radical (unpaired) electrons. The zero-order chi connectivity index (χ0) is 18.5. The summed E-state index contributed by atoms with van der Waals surface area (Å²) in [7, 11) is 0. The van der Waals surface area contributed by atoms with Crippen LogP contribution in [0.3, 0.4) is 0 Å². The number of ether oxygens (including phenoxy) is 2. The Morgan fingerprint density at radius 2 is 1.93 bits per heavy atom. The number of H-pyrrole nitrogens is 1. The molecular weight excluding hydrogens is 348 g/mol. The number of carbonyl (C=O) groups excluding carboxylic acids is 1. The molecule has 0 spiro atoms. The molecule has 2 unspecified atom stereocenters. The quantitative estimate of drug-likeness (QED) is 0.659. The predicted molar refractivity (Wildman–Crippen MR) is 97.3 cm³/mol. The average Bonchev–Trinajstić information content (AvgIpc) is 3.12. The number of aromatic carboxylic acids is 1. The van der Waals surface area contributed by atoms with Gasteiger partial charge in [-0.05, 0) is 54.3 Å². The van der Waals surface area contributed by atoms with Crippen LogP contribution in [-0.4, -0.2) is 28.8 Å². The molecule has 2 atom stereocenters. The summed E-state index contributed by atoms with van der Waals surface area (Å²) in [6.45, 7) is 0.235. The van der Waals surface area contributed by atoms with Crippen molar-refractivity contribution in [1.29, 1.82) is 0 Å². The number of nitrogens with one attached hydrogen (secondary N) is 2. The fraction of sp³-hybridized carbons (Fsp3) is 0.200. The summed E-state index contributed by atoms with van der Waals surface area (Å²) in [5.74, 6) is 0.509. The van der Waals surface area contributed by atoms with Crippen LogP contribution in [0, 0.1) is 5.92 Å². The van der Waals surface area contributed by atoms with E-state index >= 15 is 0 Å². The van der Waals surface area contributed by atoms with Gasteiger partial charge in [-0.25, -0.2) is 4.79 Å². The highest BCUT2D eigenvalue weighted by Gasteiger charge is 2.44. The van der Waals surface area contributed by atoms with E-state index in [1.165, 1.54) is 0 Å². The molecule has 136 valence electrons. The molecule has 3 aromatic rings. The molecule has 27 heavy (non-hydrogen) atoms. The molecule has 2 aliphatic rings. The molecule has 3 N–H and O–H groups in total. The van der Waals surface area contributed by atoms with Crippen LogP contribution in [0.15, 0.2) is 42.5 Å². The lowest BCUT2D eigenvalue weighted by molar-refractivity contribution is -0.117. The summed E-state index contributed by atoms with van der Waals surface area (Å²) in [4.78, 5) is 26.5. The maximum absolute atomic E-state index is 12.6. The van der Waals surface area contributed by atoms with Crippen LogP contribution in [0.5, 0.6) is 11.5 Å². The topological polar surface area (TPSA) is 101 Å². The van der Waals surface area contributed by atoms with Gasteiger partial charge in [-0.1, -0.05) is 6.07 Å². The largest absolute Gasteiger partial charge is 0.477 e. The summed E-state index contributed by atoms with van der Waals surface area (Å²) >= 11 is 0. The minimum atomic E-state index is -1.01. The van der Waals surface area contributed by atoms with Gasteiger partial charge in [-0.3, -0.25) is 4.79 Å². The zero-order valence-electron chi connectivity index (χ0n) is 14.2. The first-order valence-corrected chi connectivity index (χ1v) is 8.65. The second-order valence-electron chi connectivity index (χ2n) is 6.84. The molecule has 1 aliphatic heterocycles. The van der Waals surface area contributed by atoms with Gasteiger partial charge in [0.25, 0.3) is 0 Å². The van der Waals surface area contributed by atoms with E-state index in [2.05, 4.69) is 10.3 Å². The van der Waals surface area contributed by atoms with E-state index in [0.29, 0.717) is 5.69 Å². The normalized spacial score (nSPS) is 19.9. The van der Waals surface area contributed by atoms with Crippen molar-refractivity contribution >= 4 is 28.5 Å². The molecule has 1 aliphatic carbocycles. The summed E-state index contributed by atoms with van der Waals surface area (Å²) in [5.41, 5.74) is 2.57. The Morgan fingerprint density at radius 3 is 2.78 bits per heavy atom. The number of anilines is 1. The highest BCUT2D eigenvalue weighted by Crippen LogP contribution is 2.50. The maximum Gasteiger partial charge on any atom is 0.352 e. The third-order valence-electron chi connectivity index (χ3n) is 5.07. The van der Waals surface area contributed by atoms with Crippen LogP contribution < -0.4 is 14.8 Å². The van der Waals surface area contributed by atoms with Crippen molar-refractivity contribution < 1.29 is 24.2 Å². The van der Waals surface area contributed by atoms with Crippen molar-refractivity contribution in [2.24, 2.45) is 5.92 Å². The standard InChI is InChI=1S/C20H16N2O5/c23-19(14-8-13(14)10-1-4-17-18(7-10)27-9-26-17)21-12-2-3-15-11(5-12)6-16(22-15)20(24)25/h1-7,13-14,22H,8-9H2,(H,21,23)(H,24,25). The first-order chi connectivity index (χ1) is 13.1. The second-order valence-corrected chi connectivity index (χ2v) is 6.84. The van der Waals surface area contributed by atoms with Gasteiger partial charge in [-0.15, -0.1) is 0 Å². The van der Waals surface area contributed by atoms with Crippen LogP contribution in [0.1, 0.15) is 28.4 Å². The number of carboxylic acid groups (broad SMARTS) is 1. The van der Waals surface area contributed by atoms with Crippen LogP contribution in [0.4, 0.5) is 5.69 Å². The van der Waals surface area contributed by atoms with Gasteiger partial charge < -0.3 is 24.9 Å². The highest BCUT2D eigenvalue weighted by atomic mass is 16.7. The van der Waals surface area contributed by atoms with Crippen molar-refractivity contribution in [1.82, 2.24) is 4.98 Å². The number of hydrogen-bond donors (Lipinski definition) is 3. The molecule has 1 fully saturated rings. The fourth-order valence-corrected chi connectivity index (χ4v) is 3.56. The number of benzene rings is 2. The summed E-state index contributed by atoms with van der Waals surface area (Å²) in [5, 5.41) is 12.7. The second kappa shape index (κ2) is 5.77. The smallest absolute Gasteiger partial charge is 0.352 e. The van der Waals surface area contributed by atoms with Crippen molar-refractivity contribution in [3.63, 3.8) is 0 Å². The minimum Gasteiger partial charge on any atom is -0.477 e. The van der Waals surface area contributed by atoms with Crippen LogP contribution in [0.2, 0.25) is 0 Å².